The summed E-state index contributed by atoms with van der Waals surface area (Å²) in [6.45, 7) is 3.86. The Morgan fingerprint density at radius 3 is 2.82 bits per heavy atom. The maximum absolute atomic E-state index is 5.28. The molecule has 1 aliphatic rings. The average molecular weight is 225 g/mol. The van der Waals surface area contributed by atoms with E-state index in [0.29, 0.717) is 0 Å². The van der Waals surface area contributed by atoms with Crippen molar-refractivity contribution in [3.05, 3.63) is 48.2 Å². The number of nitrogens with zero attached hydrogens (tertiary/aromatic N) is 1. The third kappa shape index (κ3) is 1.48. The number of benzene rings is 1. The van der Waals surface area contributed by atoms with Crippen LogP contribution in [0.5, 0.6) is 5.75 Å². The number of aryl methyl sites for hydroxylation is 2. The van der Waals surface area contributed by atoms with Crippen LogP contribution in [-0.4, -0.2) is 11.7 Å². The second-order valence-electron chi connectivity index (χ2n) is 4.30. The summed E-state index contributed by atoms with van der Waals surface area (Å²) in [5.74, 6) is 0.934. The summed E-state index contributed by atoms with van der Waals surface area (Å²) in [6, 6.07) is 8.49. The second-order valence-corrected chi connectivity index (χ2v) is 4.30. The van der Waals surface area contributed by atoms with Crippen molar-refractivity contribution in [2.24, 2.45) is 0 Å². The van der Waals surface area contributed by atoms with Crippen LogP contribution in [0.4, 0.5) is 0 Å². The van der Waals surface area contributed by atoms with Crippen molar-refractivity contribution in [2.45, 2.75) is 12.8 Å². The molecule has 0 spiro atoms. The third-order valence-corrected chi connectivity index (χ3v) is 3.43. The summed E-state index contributed by atoms with van der Waals surface area (Å²) >= 11 is 0. The summed E-state index contributed by atoms with van der Waals surface area (Å²) in [5, 5.41) is 0. The Morgan fingerprint density at radius 1 is 1.24 bits per heavy atom. The van der Waals surface area contributed by atoms with E-state index in [4.69, 9.17) is 4.74 Å². The molecule has 0 amide bonds. The molecule has 0 atom stereocenters. The fourth-order valence-electron chi connectivity index (χ4n) is 2.56. The molecule has 0 N–H and O–H groups in total. The Bertz CT molecular complexity index is 581. The van der Waals surface area contributed by atoms with Gasteiger partial charge in [0.05, 0.1) is 12.8 Å². The van der Waals surface area contributed by atoms with E-state index < -0.39 is 0 Å². The lowest BCUT2D eigenvalue weighted by Crippen LogP contribution is -2.05. The molecule has 0 saturated carbocycles. The molecule has 2 nitrogen and oxygen atoms in total. The quantitative estimate of drug-likeness (QED) is 0.764. The maximum Gasteiger partial charge on any atom is 0.119 e. The number of ether oxygens (including phenoxy) is 1. The summed E-state index contributed by atoms with van der Waals surface area (Å²) in [7, 11) is 1.71. The van der Waals surface area contributed by atoms with Crippen LogP contribution in [0, 0.1) is 0 Å². The van der Waals surface area contributed by atoms with E-state index in [2.05, 4.69) is 35.5 Å². The zero-order valence-electron chi connectivity index (χ0n) is 9.94. The molecule has 0 saturated heterocycles. The lowest BCUT2D eigenvalue weighted by Gasteiger charge is -2.19. The summed E-state index contributed by atoms with van der Waals surface area (Å²) in [5.41, 5.74) is 5.35. The predicted molar refractivity (Wildman–Crippen MR) is 70.2 cm³/mol. The first-order valence-corrected chi connectivity index (χ1v) is 5.83. The molecule has 17 heavy (non-hydrogen) atoms. The number of hydrogen-bond acceptors (Lipinski definition) is 1. The Balaban J connectivity index is 2.21. The van der Waals surface area contributed by atoms with Gasteiger partial charge in [0.25, 0.3) is 0 Å². The van der Waals surface area contributed by atoms with E-state index in [9.17, 15) is 0 Å². The van der Waals surface area contributed by atoms with Crippen LogP contribution in [0.15, 0.2) is 37.0 Å². The normalized spacial score (nSPS) is 12.8. The molecule has 0 radical (unpaired) electrons. The molecule has 1 aromatic heterocycles. The molecule has 2 heteroatoms. The molecule has 86 valence electrons. The SMILES string of the molecule is C=Cn1ccc2c1-c1ccc(OC)cc1CC2. The monoisotopic (exact) mass is 225 g/mol. The highest BCUT2D eigenvalue weighted by atomic mass is 16.5. The number of aromatic nitrogens is 1. The Morgan fingerprint density at radius 2 is 2.06 bits per heavy atom. The molecule has 2 aromatic rings. The van der Waals surface area contributed by atoms with E-state index in [0.717, 1.165) is 18.6 Å². The molecule has 0 bridgehead atoms. The van der Waals surface area contributed by atoms with Gasteiger partial charge in [-0.15, -0.1) is 0 Å². The molecule has 0 fully saturated rings. The zero-order valence-corrected chi connectivity index (χ0v) is 9.94. The highest BCUT2D eigenvalue weighted by molar-refractivity contribution is 5.73. The van der Waals surface area contributed by atoms with Crippen LogP contribution in [0.3, 0.4) is 0 Å². The smallest absolute Gasteiger partial charge is 0.119 e. The topological polar surface area (TPSA) is 14.2 Å². The molecule has 0 aliphatic heterocycles. The molecule has 3 rings (SSSR count). The van der Waals surface area contributed by atoms with Crippen molar-refractivity contribution in [1.29, 1.82) is 0 Å². The van der Waals surface area contributed by atoms with Gasteiger partial charge in [0.2, 0.25) is 0 Å². The predicted octanol–water partition coefficient (Wildman–Crippen LogP) is 3.36. The lowest BCUT2D eigenvalue weighted by atomic mass is 9.90. The van der Waals surface area contributed by atoms with Gasteiger partial charge < -0.3 is 9.30 Å². The minimum atomic E-state index is 0.934. The van der Waals surface area contributed by atoms with Crippen molar-refractivity contribution < 1.29 is 4.74 Å². The van der Waals surface area contributed by atoms with Crippen LogP contribution >= 0.6 is 0 Å². The molecule has 0 unspecified atom stereocenters. The number of hydrogen-bond donors (Lipinski definition) is 0. The van der Waals surface area contributed by atoms with Crippen molar-refractivity contribution in [3.63, 3.8) is 0 Å². The number of methoxy groups -OCH3 is 1. The molecular weight excluding hydrogens is 210 g/mol. The minimum absolute atomic E-state index is 0.934. The zero-order chi connectivity index (χ0) is 11.8. The van der Waals surface area contributed by atoms with E-state index in [1.807, 2.05) is 12.3 Å². The van der Waals surface area contributed by atoms with Crippen LogP contribution in [-0.2, 0) is 12.8 Å². The summed E-state index contributed by atoms with van der Waals surface area (Å²) in [4.78, 5) is 0. The maximum atomic E-state index is 5.28. The van der Waals surface area contributed by atoms with Gasteiger partial charge in [0, 0.05) is 18.0 Å². The van der Waals surface area contributed by atoms with Crippen molar-refractivity contribution in [3.8, 4) is 17.0 Å². The van der Waals surface area contributed by atoms with Crippen LogP contribution in [0.1, 0.15) is 11.1 Å². The van der Waals surface area contributed by atoms with E-state index in [1.165, 1.54) is 22.4 Å². The highest BCUT2D eigenvalue weighted by Crippen LogP contribution is 2.36. The van der Waals surface area contributed by atoms with Gasteiger partial charge in [-0.05, 0) is 48.2 Å². The van der Waals surface area contributed by atoms with Crippen LogP contribution in [0.25, 0.3) is 17.5 Å². The standard InChI is InChI=1S/C15H15NO/c1-3-16-9-8-11-4-5-12-10-13(17-2)6-7-14(12)15(11)16/h3,6-10H,1,4-5H2,2H3. The average Bonchev–Trinajstić information content (AvgIpc) is 2.81. The second kappa shape index (κ2) is 3.81. The Labute approximate surface area is 101 Å². The van der Waals surface area contributed by atoms with Gasteiger partial charge >= 0.3 is 0 Å². The molecule has 1 aliphatic carbocycles. The highest BCUT2D eigenvalue weighted by Gasteiger charge is 2.19. The van der Waals surface area contributed by atoms with E-state index in [-0.39, 0.29) is 0 Å². The van der Waals surface area contributed by atoms with E-state index >= 15 is 0 Å². The van der Waals surface area contributed by atoms with Gasteiger partial charge in [-0.3, -0.25) is 0 Å². The van der Waals surface area contributed by atoms with Crippen molar-refractivity contribution in [1.82, 2.24) is 4.57 Å². The first-order valence-electron chi connectivity index (χ1n) is 5.83. The third-order valence-electron chi connectivity index (χ3n) is 3.43. The van der Waals surface area contributed by atoms with Gasteiger partial charge in [0.15, 0.2) is 0 Å². The summed E-state index contributed by atoms with van der Waals surface area (Å²) < 4.78 is 7.38. The minimum Gasteiger partial charge on any atom is -0.497 e. The van der Waals surface area contributed by atoms with Gasteiger partial charge in [0.1, 0.15) is 5.75 Å². The first kappa shape index (κ1) is 10.2. The van der Waals surface area contributed by atoms with Gasteiger partial charge in [-0.2, -0.15) is 0 Å². The largest absolute Gasteiger partial charge is 0.497 e. The lowest BCUT2D eigenvalue weighted by molar-refractivity contribution is 0.414. The van der Waals surface area contributed by atoms with Crippen LogP contribution < -0.4 is 4.74 Å². The van der Waals surface area contributed by atoms with Crippen molar-refractivity contribution in [2.75, 3.05) is 7.11 Å². The molecule has 1 aromatic carbocycles. The fourth-order valence-corrected chi connectivity index (χ4v) is 2.56. The van der Waals surface area contributed by atoms with Gasteiger partial charge in [-0.25, -0.2) is 0 Å². The van der Waals surface area contributed by atoms with Gasteiger partial charge in [-0.1, -0.05) is 6.58 Å². The Kier molecular flexibility index (Phi) is 2.29. The van der Waals surface area contributed by atoms with Crippen molar-refractivity contribution >= 4 is 6.20 Å². The molecule has 1 heterocycles. The van der Waals surface area contributed by atoms with Crippen LogP contribution in [0.2, 0.25) is 0 Å². The fraction of sp³-hybridized carbons (Fsp3) is 0.200. The van der Waals surface area contributed by atoms with E-state index in [1.54, 1.807) is 7.11 Å². The first-order chi connectivity index (χ1) is 8.33. The summed E-state index contributed by atoms with van der Waals surface area (Å²) in [6.07, 6.45) is 6.12. The Hall–Kier alpha value is -1.96. The number of rotatable bonds is 2. The number of fused-ring (bicyclic) bond motifs is 3. The molecular formula is C15H15NO.